The van der Waals surface area contributed by atoms with Gasteiger partial charge in [0.1, 0.15) is 11.9 Å². The SMILES string of the molecule is Cc1nc(N)ccc1CNC(=O)[C@H](NC(=O)N1CCC(n2c(=O)[nH]c3ccccc32)CC1)[C@@H](C)c1c[nH]c2ccccc12.O=C(O)C(F)(F)F. The highest BCUT2D eigenvalue weighted by Gasteiger charge is 2.38. The van der Waals surface area contributed by atoms with Crippen molar-refractivity contribution >= 4 is 45.7 Å². The maximum absolute atomic E-state index is 13.7. The molecule has 264 valence electrons. The number of halogens is 3. The van der Waals surface area contributed by atoms with Crippen LogP contribution in [0.1, 0.15) is 48.5 Å². The van der Waals surface area contributed by atoms with Crippen molar-refractivity contribution in [3.05, 3.63) is 94.2 Å². The molecule has 0 bridgehead atoms. The minimum absolute atomic E-state index is 0.0197. The summed E-state index contributed by atoms with van der Waals surface area (Å²) in [5.41, 5.74) is 10.8. The fourth-order valence-corrected chi connectivity index (χ4v) is 6.14. The van der Waals surface area contributed by atoms with Crippen LogP contribution >= 0.6 is 0 Å². The largest absolute Gasteiger partial charge is 0.490 e. The van der Waals surface area contributed by atoms with Crippen LogP contribution < -0.4 is 22.1 Å². The van der Waals surface area contributed by atoms with E-state index >= 15 is 0 Å². The summed E-state index contributed by atoms with van der Waals surface area (Å²) >= 11 is 0. The van der Waals surface area contributed by atoms with E-state index in [-0.39, 0.29) is 36.1 Å². The molecule has 16 heteroatoms. The van der Waals surface area contributed by atoms with Crippen molar-refractivity contribution in [3.8, 4) is 0 Å². The minimum Gasteiger partial charge on any atom is -0.475 e. The van der Waals surface area contributed by atoms with Crippen molar-refractivity contribution in [1.29, 1.82) is 0 Å². The minimum atomic E-state index is -5.08. The number of aromatic nitrogens is 4. The van der Waals surface area contributed by atoms with E-state index in [1.165, 1.54) is 0 Å². The molecule has 3 amide bonds. The molecule has 1 fully saturated rings. The molecule has 7 N–H and O–H groups in total. The number of carboxylic acid groups (broad SMARTS) is 1. The van der Waals surface area contributed by atoms with E-state index < -0.39 is 18.2 Å². The van der Waals surface area contributed by atoms with Gasteiger partial charge in [-0.05, 0) is 55.2 Å². The molecule has 2 atom stereocenters. The molecule has 0 aliphatic carbocycles. The molecule has 13 nitrogen and oxygen atoms in total. The number of aryl methyl sites for hydroxylation is 1. The summed E-state index contributed by atoms with van der Waals surface area (Å²) in [7, 11) is 0. The number of hydrogen-bond acceptors (Lipinski definition) is 6. The number of pyridine rings is 1. The Bertz CT molecular complexity index is 2060. The number of H-pyrrole nitrogens is 2. The Hall–Kier alpha value is -5.80. The van der Waals surface area contributed by atoms with Gasteiger partial charge in [0.05, 0.1) is 11.0 Å². The number of imidazole rings is 1. The number of carbonyl (C=O) groups is 3. The number of aromatic amines is 2. The molecular weight excluding hydrogens is 657 g/mol. The number of likely N-dealkylation sites (tertiary alicyclic amines) is 1. The summed E-state index contributed by atoms with van der Waals surface area (Å²) in [6.45, 7) is 4.99. The molecule has 1 aliphatic rings. The van der Waals surface area contributed by atoms with Crippen molar-refractivity contribution in [2.75, 3.05) is 18.8 Å². The second kappa shape index (κ2) is 14.8. The van der Waals surface area contributed by atoms with E-state index in [1.807, 2.05) is 74.6 Å². The van der Waals surface area contributed by atoms with Crippen LogP contribution in [0.3, 0.4) is 0 Å². The molecule has 50 heavy (non-hydrogen) atoms. The van der Waals surface area contributed by atoms with E-state index in [0.717, 1.165) is 38.8 Å². The monoisotopic (exact) mass is 694 g/mol. The van der Waals surface area contributed by atoms with Crippen LogP contribution in [0.4, 0.5) is 23.8 Å². The molecule has 3 aromatic heterocycles. The summed E-state index contributed by atoms with van der Waals surface area (Å²) in [4.78, 5) is 61.2. The van der Waals surface area contributed by atoms with E-state index in [4.69, 9.17) is 15.6 Å². The Morgan fingerprint density at radius 2 is 1.68 bits per heavy atom. The molecular formula is C34H37F3N8O5. The van der Waals surface area contributed by atoms with Crippen LogP contribution in [0.2, 0.25) is 0 Å². The normalized spacial score (nSPS) is 14.9. The number of carboxylic acids is 1. The number of alkyl halides is 3. The van der Waals surface area contributed by atoms with Gasteiger partial charge in [-0.2, -0.15) is 13.2 Å². The number of piperidine rings is 1. The fraction of sp³-hybridized carbons (Fsp3) is 0.324. The van der Waals surface area contributed by atoms with Gasteiger partial charge in [0.2, 0.25) is 5.91 Å². The highest BCUT2D eigenvalue weighted by molar-refractivity contribution is 5.90. The zero-order valence-corrected chi connectivity index (χ0v) is 27.3. The van der Waals surface area contributed by atoms with Crippen LogP contribution in [0.5, 0.6) is 0 Å². The van der Waals surface area contributed by atoms with Gasteiger partial charge in [0, 0.05) is 54.4 Å². The predicted octanol–water partition coefficient (Wildman–Crippen LogP) is 4.57. The number of para-hydroxylation sites is 3. The number of nitrogens with zero attached hydrogens (tertiary/aromatic N) is 3. The van der Waals surface area contributed by atoms with E-state index in [2.05, 4.69) is 25.6 Å². The molecule has 0 saturated carbocycles. The molecule has 4 heterocycles. The predicted molar refractivity (Wildman–Crippen MR) is 180 cm³/mol. The number of rotatable bonds is 7. The van der Waals surface area contributed by atoms with Crippen molar-refractivity contribution in [2.24, 2.45) is 0 Å². The summed E-state index contributed by atoms with van der Waals surface area (Å²) < 4.78 is 33.5. The van der Waals surface area contributed by atoms with Crippen molar-refractivity contribution < 1.29 is 32.7 Å². The van der Waals surface area contributed by atoms with Crippen LogP contribution in [-0.4, -0.2) is 72.7 Å². The van der Waals surface area contributed by atoms with Crippen LogP contribution in [0.15, 0.2) is 71.7 Å². The number of benzene rings is 2. The Labute approximate surface area is 283 Å². The van der Waals surface area contributed by atoms with E-state index in [1.54, 1.807) is 15.5 Å². The third-order valence-corrected chi connectivity index (χ3v) is 8.83. The average Bonchev–Trinajstić information content (AvgIpc) is 3.66. The number of fused-ring (bicyclic) bond motifs is 2. The van der Waals surface area contributed by atoms with Gasteiger partial charge in [-0.25, -0.2) is 19.4 Å². The Morgan fingerprint density at radius 1 is 1.04 bits per heavy atom. The number of urea groups is 1. The van der Waals surface area contributed by atoms with Gasteiger partial charge < -0.3 is 36.3 Å². The van der Waals surface area contributed by atoms with E-state index in [0.29, 0.717) is 31.7 Å². The number of hydrogen-bond donors (Lipinski definition) is 6. The zero-order valence-electron chi connectivity index (χ0n) is 27.3. The first kappa shape index (κ1) is 35.5. The lowest BCUT2D eigenvalue weighted by atomic mass is 9.92. The fourth-order valence-electron chi connectivity index (χ4n) is 6.14. The first-order valence-electron chi connectivity index (χ1n) is 15.8. The molecule has 6 rings (SSSR count). The smallest absolute Gasteiger partial charge is 0.475 e. The summed E-state index contributed by atoms with van der Waals surface area (Å²) in [5.74, 6) is -2.95. The maximum atomic E-state index is 13.7. The van der Waals surface area contributed by atoms with Crippen LogP contribution in [0, 0.1) is 6.92 Å². The average molecular weight is 695 g/mol. The highest BCUT2D eigenvalue weighted by atomic mass is 19.4. The molecule has 1 saturated heterocycles. The Kier molecular flexibility index (Phi) is 10.5. The van der Waals surface area contributed by atoms with Gasteiger partial charge in [-0.1, -0.05) is 43.3 Å². The Morgan fingerprint density at radius 3 is 2.34 bits per heavy atom. The maximum Gasteiger partial charge on any atom is 0.490 e. The van der Waals surface area contributed by atoms with Gasteiger partial charge in [0.25, 0.3) is 0 Å². The molecule has 0 unspecified atom stereocenters. The third-order valence-electron chi connectivity index (χ3n) is 8.83. The first-order valence-corrected chi connectivity index (χ1v) is 15.8. The second-order valence-corrected chi connectivity index (χ2v) is 12.0. The quantitative estimate of drug-likeness (QED) is 0.144. The number of nitrogen functional groups attached to an aromatic ring is 1. The van der Waals surface area contributed by atoms with Gasteiger partial charge >= 0.3 is 23.9 Å². The summed E-state index contributed by atoms with van der Waals surface area (Å²) in [5, 5.41) is 14.2. The summed E-state index contributed by atoms with van der Waals surface area (Å²) in [6, 6.07) is 17.9. The zero-order chi connectivity index (χ0) is 36.2. The molecule has 0 radical (unpaired) electrons. The van der Waals surface area contributed by atoms with Crippen molar-refractivity contribution in [1.82, 2.24) is 35.1 Å². The standard InChI is InChI=1S/C32H36N8O3.C2HF3O2/c1-19(24-18-34-25-8-4-3-7-23(24)25)29(30(41)35-17-21-11-12-28(33)36-20(21)2)38-31(42)39-15-13-22(14-16-39)40-27-10-6-5-9-26(27)37-32(40)43;3-2(4,5)1(6)7/h3-12,18-19,22,29,34H,13-17H2,1-2H3,(H2,33,36)(H,35,41)(H,37,43)(H,38,42);(H,6,7)/t19-,29+;/m0./s1. The molecule has 0 spiro atoms. The topological polar surface area (TPSA) is 191 Å². The number of aliphatic carboxylic acids is 1. The number of nitrogens with two attached hydrogens (primary N) is 1. The van der Waals surface area contributed by atoms with Crippen molar-refractivity contribution in [2.45, 2.75) is 57.4 Å². The Balaban J connectivity index is 0.000000630. The second-order valence-electron chi connectivity index (χ2n) is 12.0. The third kappa shape index (κ3) is 7.90. The lowest BCUT2D eigenvalue weighted by Crippen LogP contribution is -2.54. The summed E-state index contributed by atoms with van der Waals surface area (Å²) in [6.07, 6.45) is -1.92. The van der Waals surface area contributed by atoms with Gasteiger partial charge in [-0.15, -0.1) is 0 Å². The molecule has 1 aliphatic heterocycles. The molecule has 2 aromatic carbocycles. The first-order chi connectivity index (χ1) is 23.7. The van der Waals surface area contributed by atoms with Crippen molar-refractivity contribution in [3.63, 3.8) is 0 Å². The molecule has 5 aromatic rings. The number of amides is 3. The van der Waals surface area contributed by atoms with E-state index in [9.17, 15) is 27.6 Å². The van der Waals surface area contributed by atoms with Crippen LogP contribution in [-0.2, 0) is 16.1 Å². The number of carbonyl (C=O) groups excluding carboxylic acids is 2. The number of nitrogens with one attached hydrogen (secondary N) is 4. The lowest BCUT2D eigenvalue weighted by Gasteiger charge is -2.34. The number of anilines is 1. The van der Waals surface area contributed by atoms with Crippen LogP contribution in [0.25, 0.3) is 21.9 Å². The highest BCUT2D eigenvalue weighted by Crippen LogP contribution is 2.29. The van der Waals surface area contributed by atoms with Gasteiger partial charge in [0.15, 0.2) is 0 Å². The lowest BCUT2D eigenvalue weighted by molar-refractivity contribution is -0.192. The van der Waals surface area contributed by atoms with Gasteiger partial charge in [-0.3, -0.25) is 9.36 Å².